The van der Waals surface area contributed by atoms with Crippen LogP contribution in [-0.2, 0) is 11.3 Å². The molecule has 1 aromatic rings. The molecule has 0 radical (unpaired) electrons. The van der Waals surface area contributed by atoms with Gasteiger partial charge in [0.2, 0.25) is 6.08 Å². The van der Waals surface area contributed by atoms with Crippen LogP contribution in [0.2, 0.25) is 0 Å². The van der Waals surface area contributed by atoms with Crippen molar-refractivity contribution in [1.29, 1.82) is 0 Å². The molecule has 1 rings (SSSR count). The van der Waals surface area contributed by atoms with E-state index >= 15 is 0 Å². The Labute approximate surface area is 90.4 Å². The first-order valence-electron chi connectivity index (χ1n) is 4.94. The predicted octanol–water partition coefficient (Wildman–Crippen LogP) is 2.15. The second-order valence-electron chi connectivity index (χ2n) is 3.88. The van der Waals surface area contributed by atoms with Gasteiger partial charge < -0.3 is 4.90 Å². The first kappa shape index (κ1) is 11.6. The van der Waals surface area contributed by atoms with Crippen LogP contribution in [0.15, 0.2) is 29.3 Å². The van der Waals surface area contributed by atoms with E-state index in [0.717, 1.165) is 12.1 Å². The third kappa shape index (κ3) is 3.66. The van der Waals surface area contributed by atoms with Crippen LogP contribution >= 0.6 is 0 Å². The van der Waals surface area contributed by atoms with Gasteiger partial charge in [-0.15, -0.1) is 0 Å². The van der Waals surface area contributed by atoms with Gasteiger partial charge in [-0.25, -0.2) is 4.79 Å². The molecule has 0 bridgehead atoms. The molecular formula is C12H16N2O. The molecule has 1 aromatic carbocycles. The van der Waals surface area contributed by atoms with Gasteiger partial charge in [0.15, 0.2) is 0 Å². The average Bonchev–Trinajstić information content (AvgIpc) is 2.17. The lowest BCUT2D eigenvalue weighted by Crippen LogP contribution is -2.10. The first-order chi connectivity index (χ1) is 7.13. The molecule has 1 unspecified atom stereocenters. The maximum absolute atomic E-state index is 10.2. The summed E-state index contributed by atoms with van der Waals surface area (Å²) >= 11 is 0. The SMILES string of the molecule is CC(N=C=O)c1cccc(CN(C)C)c1. The summed E-state index contributed by atoms with van der Waals surface area (Å²) in [5.74, 6) is 0. The molecule has 3 nitrogen and oxygen atoms in total. The van der Waals surface area contributed by atoms with E-state index in [2.05, 4.69) is 22.0 Å². The number of isocyanates is 1. The molecule has 0 aliphatic heterocycles. The standard InChI is InChI=1S/C12H16N2O/c1-10(13-9-15)12-6-4-5-11(7-12)8-14(2)3/h4-7,10H,8H2,1-3H3. The lowest BCUT2D eigenvalue weighted by molar-refractivity contribution is 0.402. The fraction of sp³-hybridized carbons (Fsp3) is 0.417. The molecule has 0 saturated carbocycles. The Kier molecular flexibility index (Phi) is 4.22. The number of carbonyl (C=O) groups excluding carboxylic acids is 1. The zero-order chi connectivity index (χ0) is 11.3. The molecule has 0 amide bonds. The van der Waals surface area contributed by atoms with Gasteiger partial charge in [0, 0.05) is 6.54 Å². The molecule has 80 valence electrons. The summed E-state index contributed by atoms with van der Waals surface area (Å²) in [6.07, 6.45) is 1.59. The number of aliphatic imine (C=N–C) groups is 1. The van der Waals surface area contributed by atoms with Gasteiger partial charge >= 0.3 is 0 Å². The second-order valence-corrected chi connectivity index (χ2v) is 3.88. The van der Waals surface area contributed by atoms with Crippen molar-refractivity contribution in [1.82, 2.24) is 4.90 Å². The summed E-state index contributed by atoms with van der Waals surface area (Å²) in [6.45, 7) is 2.78. The van der Waals surface area contributed by atoms with Gasteiger partial charge in [0.1, 0.15) is 0 Å². The molecule has 0 fully saturated rings. The normalized spacial score (nSPS) is 12.3. The van der Waals surface area contributed by atoms with Crippen LogP contribution in [0, 0.1) is 0 Å². The predicted molar refractivity (Wildman–Crippen MR) is 60.4 cm³/mol. The lowest BCUT2D eigenvalue weighted by atomic mass is 10.1. The Balaban J connectivity index is 2.86. The summed E-state index contributed by atoms with van der Waals surface area (Å²) in [6, 6.07) is 8.01. The van der Waals surface area contributed by atoms with Crippen molar-refractivity contribution in [3.8, 4) is 0 Å². The Morgan fingerprint density at radius 2 is 2.20 bits per heavy atom. The van der Waals surface area contributed by atoms with E-state index in [1.807, 2.05) is 33.2 Å². The van der Waals surface area contributed by atoms with Crippen molar-refractivity contribution in [2.45, 2.75) is 19.5 Å². The summed E-state index contributed by atoms with van der Waals surface area (Å²) in [5.41, 5.74) is 2.28. The Hall–Kier alpha value is -1.44. The van der Waals surface area contributed by atoms with Gasteiger partial charge in [0.25, 0.3) is 0 Å². The summed E-state index contributed by atoms with van der Waals surface area (Å²) in [7, 11) is 4.05. The van der Waals surface area contributed by atoms with Crippen LogP contribution in [0.5, 0.6) is 0 Å². The number of benzene rings is 1. The zero-order valence-electron chi connectivity index (χ0n) is 9.40. The summed E-state index contributed by atoms with van der Waals surface area (Å²) in [5, 5.41) is 0. The van der Waals surface area contributed by atoms with Gasteiger partial charge in [-0.2, -0.15) is 4.99 Å². The van der Waals surface area contributed by atoms with E-state index in [0.29, 0.717) is 0 Å². The van der Waals surface area contributed by atoms with E-state index in [4.69, 9.17) is 0 Å². The van der Waals surface area contributed by atoms with Gasteiger partial charge in [-0.3, -0.25) is 0 Å². The third-order valence-electron chi connectivity index (χ3n) is 2.18. The minimum Gasteiger partial charge on any atom is -0.305 e. The number of hydrogen-bond acceptors (Lipinski definition) is 3. The minimum atomic E-state index is -0.107. The fourth-order valence-corrected chi connectivity index (χ4v) is 1.47. The van der Waals surface area contributed by atoms with E-state index in [1.165, 1.54) is 5.56 Å². The molecule has 0 saturated heterocycles. The lowest BCUT2D eigenvalue weighted by Gasteiger charge is -2.11. The van der Waals surface area contributed by atoms with Gasteiger partial charge in [-0.05, 0) is 32.1 Å². The largest absolute Gasteiger partial charge is 0.305 e. The van der Waals surface area contributed by atoms with E-state index < -0.39 is 0 Å². The molecule has 0 N–H and O–H groups in total. The van der Waals surface area contributed by atoms with Crippen LogP contribution in [0.1, 0.15) is 24.1 Å². The quantitative estimate of drug-likeness (QED) is 0.556. The van der Waals surface area contributed by atoms with Crippen molar-refractivity contribution in [3.05, 3.63) is 35.4 Å². The second kappa shape index (κ2) is 5.44. The van der Waals surface area contributed by atoms with Crippen LogP contribution in [0.4, 0.5) is 0 Å². The Morgan fingerprint density at radius 1 is 1.47 bits per heavy atom. The Bertz CT molecular complexity index is 368. The van der Waals surface area contributed by atoms with E-state index in [1.54, 1.807) is 6.08 Å². The molecule has 0 spiro atoms. The smallest absolute Gasteiger partial charge is 0.235 e. The fourth-order valence-electron chi connectivity index (χ4n) is 1.47. The molecule has 3 heteroatoms. The summed E-state index contributed by atoms with van der Waals surface area (Å²) in [4.78, 5) is 16.0. The minimum absolute atomic E-state index is 0.107. The molecule has 0 aliphatic rings. The molecule has 0 aromatic heterocycles. The molecule has 0 aliphatic carbocycles. The monoisotopic (exact) mass is 204 g/mol. The van der Waals surface area contributed by atoms with Crippen LogP contribution in [0.25, 0.3) is 0 Å². The molecular weight excluding hydrogens is 188 g/mol. The molecule has 1 atom stereocenters. The van der Waals surface area contributed by atoms with E-state index in [-0.39, 0.29) is 6.04 Å². The highest BCUT2D eigenvalue weighted by Gasteiger charge is 2.04. The maximum Gasteiger partial charge on any atom is 0.235 e. The van der Waals surface area contributed by atoms with Gasteiger partial charge in [-0.1, -0.05) is 24.3 Å². The maximum atomic E-state index is 10.2. The topological polar surface area (TPSA) is 32.7 Å². The van der Waals surface area contributed by atoms with Crippen molar-refractivity contribution >= 4 is 6.08 Å². The third-order valence-corrected chi connectivity index (χ3v) is 2.18. The van der Waals surface area contributed by atoms with Crippen LogP contribution < -0.4 is 0 Å². The zero-order valence-corrected chi connectivity index (χ0v) is 9.40. The molecule has 15 heavy (non-hydrogen) atoms. The summed E-state index contributed by atoms with van der Waals surface area (Å²) < 4.78 is 0. The van der Waals surface area contributed by atoms with E-state index in [9.17, 15) is 4.79 Å². The average molecular weight is 204 g/mol. The highest BCUT2D eigenvalue weighted by molar-refractivity contribution is 5.36. The van der Waals surface area contributed by atoms with Gasteiger partial charge in [0.05, 0.1) is 6.04 Å². The Morgan fingerprint density at radius 3 is 2.80 bits per heavy atom. The van der Waals surface area contributed by atoms with Crippen molar-refractivity contribution in [2.75, 3.05) is 14.1 Å². The van der Waals surface area contributed by atoms with Crippen LogP contribution in [-0.4, -0.2) is 25.1 Å². The highest BCUT2D eigenvalue weighted by Crippen LogP contribution is 2.17. The number of rotatable bonds is 4. The van der Waals surface area contributed by atoms with Crippen LogP contribution in [0.3, 0.4) is 0 Å². The van der Waals surface area contributed by atoms with Crippen molar-refractivity contribution in [3.63, 3.8) is 0 Å². The number of hydrogen-bond donors (Lipinski definition) is 0. The highest BCUT2D eigenvalue weighted by atomic mass is 16.1. The van der Waals surface area contributed by atoms with Crippen molar-refractivity contribution < 1.29 is 4.79 Å². The van der Waals surface area contributed by atoms with Crippen molar-refractivity contribution in [2.24, 2.45) is 4.99 Å². The first-order valence-corrected chi connectivity index (χ1v) is 4.94. The number of nitrogens with zero attached hydrogens (tertiary/aromatic N) is 2. The molecule has 0 heterocycles.